The highest BCUT2D eigenvalue weighted by molar-refractivity contribution is 7.99. The highest BCUT2D eigenvalue weighted by atomic mass is 32.2. The lowest BCUT2D eigenvalue weighted by atomic mass is 10.00. The van der Waals surface area contributed by atoms with E-state index in [1.54, 1.807) is 48.2 Å². The maximum atomic E-state index is 13.2. The van der Waals surface area contributed by atoms with E-state index in [4.69, 9.17) is 0 Å². The van der Waals surface area contributed by atoms with Crippen LogP contribution < -0.4 is 14.9 Å². The van der Waals surface area contributed by atoms with E-state index < -0.39 is 26.5 Å². The summed E-state index contributed by atoms with van der Waals surface area (Å²) in [4.78, 5) is 29.4. The van der Waals surface area contributed by atoms with E-state index in [0.29, 0.717) is 12.2 Å². The number of amides is 1. The molecule has 1 atom stereocenters. The van der Waals surface area contributed by atoms with Gasteiger partial charge in [0.2, 0.25) is 0 Å². The van der Waals surface area contributed by atoms with E-state index in [-0.39, 0.29) is 28.0 Å². The molecule has 0 bridgehead atoms. The number of thioether (sulfide) groups is 1. The minimum Gasteiger partial charge on any atom is -0.376 e. The van der Waals surface area contributed by atoms with Crippen molar-refractivity contribution < 1.29 is 22.5 Å². The standard InChI is InChI=1S/C37H40FN5O5S2/c1-41(2)21-20-31(26-49-33-6-4-3-5-7-33)39-35-17-16-34(25-36(35)43(45)46)50(47,48)40-37(44)29-10-14-32(15-11-29)42-22-18-28(19-23-42)24-27-8-12-30(38)13-9-27/h3-17,24-25,31,39H,18-23,26H2,1-2H3,(H,40,44). The second-order valence-electron chi connectivity index (χ2n) is 12.3. The number of benzene rings is 4. The number of sulfonamides is 1. The third-order valence-corrected chi connectivity index (χ3v) is 10.8. The zero-order chi connectivity index (χ0) is 35.7. The van der Waals surface area contributed by atoms with E-state index in [1.165, 1.54) is 29.8 Å². The Labute approximate surface area is 296 Å². The van der Waals surface area contributed by atoms with Crippen LogP contribution >= 0.6 is 11.8 Å². The molecule has 4 aromatic carbocycles. The molecule has 262 valence electrons. The maximum absolute atomic E-state index is 13.2. The van der Waals surface area contributed by atoms with Gasteiger partial charge in [-0.05, 0) is 106 Å². The van der Waals surface area contributed by atoms with Crippen LogP contribution in [0.2, 0.25) is 0 Å². The molecule has 4 aromatic rings. The van der Waals surface area contributed by atoms with Gasteiger partial charge in [0.25, 0.3) is 21.6 Å². The quantitative estimate of drug-likeness (QED) is 0.0802. The second-order valence-corrected chi connectivity index (χ2v) is 15.1. The molecule has 0 saturated carbocycles. The number of rotatable bonds is 14. The van der Waals surface area contributed by atoms with Crippen LogP contribution in [0.1, 0.15) is 35.2 Å². The molecule has 0 spiro atoms. The number of anilines is 2. The van der Waals surface area contributed by atoms with Crippen LogP contribution in [0.5, 0.6) is 0 Å². The van der Waals surface area contributed by atoms with E-state index >= 15 is 0 Å². The predicted octanol–water partition coefficient (Wildman–Crippen LogP) is 7.06. The summed E-state index contributed by atoms with van der Waals surface area (Å²) < 4.78 is 41.7. The van der Waals surface area contributed by atoms with Gasteiger partial charge in [-0.25, -0.2) is 17.5 Å². The van der Waals surface area contributed by atoms with Gasteiger partial charge in [0.15, 0.2) is 0 Å². The van der Waals surface area contributed by atoms with Gasteiger partial charge in [-0.2, -0.15) is 0 Å². The number of halogens is 1. The monoisotopic (exact) mass is 717 g/mol. The molecule has 1 amide bonds. The van der Waals surface area contributed by atoms with Crippen molar-refractivity contribution in [2.45, 2.75) is 35.1 Å². The molecule has 1 fully saturated rings. The largest absolute Gasteiger partial charge is 0.376 e. The zero-order valence-corrected chi connectivity index (χ0v) is 29.6. The Balaban J connectivity index is 1.22. The van der Waals surface area contributed by atoms with Crippen LogP contribution in [0, 0.1) is 15.9 Å². The van der Waals surface area contributed by atoms with E-state index in [2.05, 4.69) is 21.0 Å². The van der Waals surface area contributed by atoms with E-state index in [9.17, 15) is 27.7 Å². The topological polar surface area (TPSA) is 125 Å². The number of nitrogens with one attached hydrogen (secondary N) is 2. The van der Waals surface area contributed by atoms with Crippen LogP contribution in [0.15, 0.2) is 112 Å². The Morgan fingerprint density at radius 1 is 1.00 bits per heavy atom. The Kier molecular flexibility index (Phi) is 12.3. The van der Waals surface area contributed by atoms with Crippen molar-refractivity contribution in [1.82, 2.24) is 9.62 Å². The summed E-state index contributed by atoms with van der Waals surface area (Å²) in [6.45, 7) is 2.27. The van der Waals surface area contributed by atoms with Gasteiger partial charge in [0, 0.05) is 47.1 Å². The maximum Gasteiger partial charge on any atom is 0.293 e. The molecule has 0 aliphatic carbocycles. The fourth-order valence-electron chi connectivity index (χ4n) is 5.55. The zero-order valence-electron chi connectivity index (χ0n) is 27.9. The SMILES string of the molecule is CN(C)CCC(CSc1ccccc1)Nc1ccc(S(=O)(=O)NC(=O)c2ccc(N3CCC(=Cc4ccc(F)cc4)CC3)cc2)cc1[N+](=O)[O-]. The third kappa shape index (κ3) is 10.2. The third-order valence-electron chi connectivity index (χ3n) is 8.32. The molecule has 0 radical (unpaired) electrons. The smallest absolute Gasteiger partial charge is 0.293 e. The van der Waals surface area contributed by atoms with Gasteiger partial charge in [-0.3, -0.25) is 14.9 Å². The number of nitro benzene ring substituents is 1. The summed E-state index contributed by atoms with van der Waals surface area (Å²) in [7, 11) is -0.518. The van der Waals surface area contributed by atoms with Crippen molar-refractivity contribution in [1.29, 1.82) is 0 Å². The normalized spacial score (nSPS) is 13.9. The summed E-state index contributed by atoms with van der Waals surface area (Å²) in [6.07, 6.45) is 4.45. The summed E-state index contributed by atoms with van der Waals surface area (Å²) in [5.41, 5.74) is 3.06. The average Bonchev–Trinajstić information content (AvgIpc) is 3.11. The fourth-order valence-corrected chi connectivity index (χ4v) is 7.54. The summed E-state index contributed by atoms with van der Waals surface area (Å²) in [6, 6.07) is 26.3. The van der Waals surface area contributed by atoms with Crippen LogP contribution in [-0.4, -0.2) is 69.7 Å². The minimum absolute atomic E-state index is 0.138. The fraction of sp³-hybridized carbons (Fsp3) is 0.270. The van der Waals surface area contributed by atoms with Gasteiger partial charge in [0.1, 0.15) is 11.5 Å². The first-order valence-electron chi connectivity index (χ1n) is 16.2. The predicted molar refractivity (Wildman–Crippen MR) is 198 cm³/mol. The molecule has 1 aliphatic rings. The summed E-state index contributed by atoms with van der Waals surface area (Å²) >= 11 is 1.63. The first kappa shape index (κ1) is 36.6. The molecular weight excluding hydrogens is 678 g/mol. The van der Waals surface area contributed by atoms with Crippen LogP contribution in [0.4, 0.5) is 21.5 Å². The number of carbonyl (C=O) groups is 1. The molecule has 2 N–H and O–H groups in total. The van der Waals surface area contributed by atoms with Crippen molar-refractivity contribution in [3.63, 3.8) is 0 Å². The van der Waals surface area contributed by atoms with Crippen molar-refractivity contribution in [2.75, 3.05) is 49.7 Å². The highest BCUT2D eigenvalue weighted by Crippen LogP contribution is 2.30. The molecule has 1 saturated heterocycles. The number of carbonyl (C=O) groups excluding carboxylic acids is 1. The van der Waals surface area contributed by atoms with E-state index in [0.717, 1.165) is 54.7 Å². The first-order chi connectivity index (χ1) is 24.0. The van der Waals surface area contributed by atoms with Crippen molar-refractivity contribution >= 4 is 50.8 Å². The summed E-state index contributed by atoms with van der Waals surface area (Å²) in [5, 5.41) is 15.4. The number of hydrogen-bond acceptors (Lipinski definition) is 9. The van der Waals surface area contributed by atoms with Gasteiger partial charge in [0.05, 0.1) is 9.82 Å². The molecule has 10 nitrogen and oxygen atoms in total. The van der Waals surface area contributed by atoms with Gasteiger partial charge in [-0.1, -0.05) is 42.0 Å². The second kappa shape index (κ2) is 16.8. The van der Waals surface area contributed by atoms with Crippen molar-refractivity contribution in [3.8, 4) is 0 Å². The molecule has 1 aliphatic heterocycles. The number of nitrogens with zero attached hydrogens (tertiary/aromatic N) is 3. The van der Waals surface area contributed by atoms with Crippen molar-refractivity contribution in [2.24, 2.45) is 0 Å². The molecule has 13 heteroatoms. The highest BCUT2D eigenvalue weighted by Gasteiger charge is 2.25. The van der Waals surface area contributed by atoms with Crippen LogP contribution in [0.3, 0.4) is 0 Å². The van der Waals surface area contributed by atoms with Crippen LogP contribution in [-0.2, 0) is 10.0 Å². The average molecular weight is 718 g/mol. The molecule has 1 unspecified atom stereocenters. The van der Waals surface area contributed by atoms with Gasteiger partial charge < -0.3 is 15.1 Å². The lowest BCUT2D eigenvalue weighted by molar-refractivity contribution is -0.384. The van der Waals surface area contributed by atoms with Gasteiger partial charge >= 0.3 is 0 Å². The molecule has 5 rings (SSSR count). The van der Waals surface area contributed by atoms with Crippen molar-refractivity contribution in [3.05, 3.63) is 130 Å². The lowest BCUT2D eigenvalue weighted by Gasteiger charge is -2.30. The molecule has 0 aromatic heterocycles. The number of piperidine rings is 1. The minimum atomic E-state index is -4.42. The Bertz CT molecular complexity index is 1910. The van der Waals surface area contributed by atoms with Crippen LogP contribution in [0.25, 0.3) is 6.08 Å². The molecular formula is C37H40FN5O5S2. The van der Waals surface area contributed by atoms with Gasteiger partial charge in [-0.15, -0.1) is 11.8 Å². The summed E-state index contributed by atoms with van der Waals surface area (Å²) in [5.74, 6) is -0.472. The Morgan fingerprint density at radius 3 is 2.32 bits per heavy atom. The first-order valence-corrected chi connectivity index (χ1v) is 18.7. The number of hydrogen-bond donors (Lipinski definition) is 2. The molecule has 50 heavy (non-hydrogen) atoms. The Morgan fingerprint density at radius 2 is 1.68 bits per heavy atom. The number of nitro groups is 1. The molecule has 1 heterocycles. The van der Waals surface area contributed by atoms with E-state index in [1.807, 2.05) is 49.3 Å². The lowest BCUT2D eigenvalue weighted by Crippen LogP contribution is -2.31. The Hall–Kier alpha value is -4.72.